The molecule has 2 fully saturated rings. The fourth-order valence-electron chi connectivity index (χ4n) is 3.52. The molecule has 0 spiro atoms. The van der Waals surface area contributed by atoms with Crippen LogP contribution >= 0.6 is 0 Å². The predicted octanol–water partition coefficient (Wildman–Crippen LogP) is 4.32. The van der Waals surface area contributed by atoms with E-state index in [4.69, 9.17) is 9.15 Å². The van der Waals surface area contributed by atoms with Gasteiger partial charge < -0.3 is 9.15 Å². The molecule has 140 valence electrons. The Hall–Kier alpha value is -1.79. The molecule has 0 N–H and O–H groups in total. The Kier molecular flexibility index (Phi) is 5.05. The van der Waals surface area contributed by atoms with E-state index in [1.54, 1.807) is 0 Å². The molecule has 1 atom stereocenters. The van der Waals surface area contributed by atoms with Gasteiger partial charge in [-0.15, -0.1) is 0 Å². The first kappa shape index (κ1) is 17.6. The molecule has 1 saturated carbocycles. The molecule has 26 heavy (non-hydrogen) atoms. The van der Waals surface area contributed by atoms with E-state index in [1.807, 2.05) is 6.92 Å². The number of hydrogen-bond acceptors (Lipinski definition) is 4. The van der Waals surface area contributed by atoms with Crippen LogP contribution in [-0.2, 0) is 11.3 Å². The molecule has 0 bridgehead atoms. The van der Waals surface area contributed by atoms with Crippen LogP contribution in [0, 0.1) is 24.5 Å². The highest BCUT2D eigenvalue weighted by atomic mass is 19.2. The molecule has 1 unspecified atom stereocenters. The molecule has 1 aromatic carbocycles. The SMILES string of the molecule is Cc1oc(-c2cccc(F)c2F)nc1CN(CC1CC1)CC1CCCO1. The zero-order chi connectivity index (χ0) is 18.1. The zero-order valence-electron chi connectivity index (χ0n) is 15.0. The van der Waals surface area contributed by atoms with Crippen molar-refractivity contribution >= 4 is 0 Å². The first-order chi connectivity index (χ1) is 12.6. The van der Waals surface area contributed by atoms with Gasteiger partial charge in [0.15, 0.2) is 11.6 Å². The van der Waals surface area contributed by atoms with Crippen LogP contribution in [0.4, 0.5) is 8.78 Å². The monoisotopic (exact) mass is 362 g/mol. The van der Waals surface area contributed by atoms with Crippen LogP contribution in [0.1, 0.15) is 37.1 Å². The maximum absolute atomic E-state index is 14.0. The van der Waals surface area contributed by atoms with Gasteiger partial charge in [0.25, 0.3) is 0 Å². The molecule has 0 radical (unpaired) electrons. The molecule has 1 saturated heterocycles. The highest BCUT2D eigenvalue weighted by molar-refractivity contribution is 5.54. The van der Waals surface area contributed by atoms with E-state index in [9.17, 15) is 8.78 Å². The summed E-state index contributed by atoms with van der Waals surface area (Å²) < 4.78 is 39.0. The summed E-state index contributed by atoms with van der Waals surface area (Å²) in [7, 11) is 0. The van der Waals surface area contributed by atoms with Gasteiger partial charge >= 0.3 is 0 Å². The van der Waals surface area contributed by atoms with E-state index < -0.39 is 11.6 Å². The molecule has 4 rings (SSSR count). The standard InChI is InChI=1S/C20H24F2N2O2/c1-13-18(23-20(26-13)16-5-2-6-17(21)19(16)22)12-24(10-14-7-8-14)11-15-4-3-9-25-15/h2,5-6,14-15H,3-4,7-12H2,1H3. The minimum atomic E-state index is -0.922. The quantitative estimate of drug-likeness (QED) is 0.735. The Balaban J connectivity index is 1.52. The van der Waals surface area contributed by atoms with E-state index in [-0.39, 0.29) is 17.6 Å². The van der Waals surface area contributed by atoms with Crippen LogP contribution in [0.2, 0.25) is 0 Å². The lowest BCUT2D eigenvalue weighted by atomic mass is 10.2. The molecule has 2 aromatic rings. The summed E-state index contributed by atoms with van der Waals surface area (Å²) in [6, 6.07) is 4.04. The predicted molar refractivity (Wildman–Crippen MR) is 93.6 cm³/mol. The number of oxazole rings is 1. The van der Waals surface area contributed by atoms with E-state index in [0.29, 0.717) is 12.3 Å². The van der Waals surface area contributed by atoms with Gasteiger partial charge in [-0.25, -0.2) is 13.8 Å². The van der Waals surface area contributed by atoms with Crippen molar-refractivity contribution in [1.82, 2.24) is 9.88 Å². The number of ether oxygens (including phenoxy) is 1. The zero-order valence-corrected chi connectivity index (χ0v) is 15.0. The third kappa shape index (κ3) is 3.96. The molecule has 2 aliphatic rings. The van der Waals surface area contributed by atoms with Gasteiger partial charge in [-0.05, 0) is 50.7 Å². The number of hydrogen-bond donors (Lipinski definition) is 0. The first-order valence-corrected chi connectivity index (χ1v) is 9.35. The first-order valence-electron chi connectivity index (χ1n) is 9.35. The Morgan fingerprint density at radius 1 is 1.19 bits per heavy atom. The topological polar surface area (TPSA) is 38.5 Å². The van der Waals surface area contributed by atoms with Crippen LogP contribution in [-0.4, -0.2) is 35.7 Å². The van der Waals surface area contributed by atoms with Gasteiger partial charge in [0, 0.05) is 26.2 Å². The maximum Gasteiger partial charge on any atom is 0.229 e. The molecular formula is C20H24F2N2O2. The normalized spacial score (nSPS) is 20.2. The van der Waals surface area contributed by atoms with E-state index >= 15 is 0 Å². The van der Waals surface area contributed by atoms with Gasteiger partial charge in [0.1, 0.15) is 5.76 Å². The Morgan fingerprint density at radius 3 is 2.77 bits per heavy atom. The number of aromatic nitrogens is 1. The number of benzene rings is 1. The minimum absolute atomic E-state index is 0.0622. The fraction of sp³-hybridized carbons (Fsp3) is 0.550. The summed E-state index contributed by atoms with van der Waals surface area (Å²) in [5.41, 5.74) is 0.842. The van der Waals surface area contributed by atoms with Crippen LogP contribution < -0.4 is 0 Å². The van der Waals surface area contributed by atoms with Crippen molar-refractivity contribution in [2.45, 2.75) is 45.3 Å². The summed E-state index contributed by atoms with van der Waals surface area (Å²) in [5, 5.41) is 0. The third-order valence-corrected chi connectivity index (χ3v) is 5.15. The van der Waals surface area contributed by atoms with Gasteiger partial charge in [-0.1, -0.05) is 6.07 Å². The van der Waals surface area contributed by atoms with Crippen LogP contribution in [0.15, 0.2) is 22.6 Å². The third-order valence-electron chi connectivity index (χ3n) is 5.15. The molecule has 6 heteroatoms. The van der Waals surface area contributed by atoms with Crippen molar-refractivity contribution in [3.63, 3.8) is 0 Å². The number of rotatable bonds is 7. The number of nitrogens with zero attached hydrogens (tertiary/aromatic N) is 2. The van der Waals surface area contributed by atoms with E-state index in [1.165, 1.54) is 25.0 Å². The average Bonchev–Trinajstić information content (AvgIpc) is 3.13. The van der Waals surface area contributed by atoms with Gasteiger partial charge in [0.05, 0.1) is 17.4 Å². The molecule has 1 aliphatic heterocycles. The van der Waals surface area contributed by atoms with E-state index in [2.05, 4.69) is 9.88 Å². The molecule has 2 heterocycles. The smallest absolute Gasteiger partial charge is 0.229 e. The van der Waals surface area contributed by atoms with Crippen LogP contribution in [0.25, 0.3) is 11.5 Å². The van der Waals surface area contributed by atoms with Crippen molar-refractivity contribution in [2.75, 3.05) is 19.7 Å². The number of halogens is 2. The summed E-state index contributed by atoms with van der Waals surface area (Å²) >= 11 is 0. The van der Waals surface area contributed by atoms with Gasteiger partial charge in [-0.3, -0.25) is 4.90 Å². The lowest BCUT2D eigenvalue weighted by molar-refractivity contribution is 0.0684. The van der Waals surface area contributed by atoms with Crippen molar-refractivity contribution in [3.05, 3.63) is 41.3 Å². The lowest BCUT2D eigenvalue weighted by Crippen LogP contribution is -2.33. The summed E-state index contributed by atoms with van der Waals surface area (Å²) in [6.45, 7) is 5.21. The van der Waals surface area contributed by atoms with Gasteiger partial charge in [0.2, 0.25) is 5.89 Å². The maximum atomic E-state index is 14.0. The van der Waals surface area contributed by atoms with Crippen molar-refractivity contribution < 1.29 is 17.9 Å². The fourth-order valence-corrected chi connectivity index (χ4v) is 3.52. The summed E-state index contributed by atoms with van der Waals surface area (Å²) in [4.78, 5) is 6.83. The highest BCUT2D eigenvalue weighted by Gasteiger charge is 2.28. The summed E-state index contributed by atoms with van der Waals surface area (Å²) in [5.74, 6) is -0.276. The second-order valence-corrected chi connectivity index (χ2v) is 7.40. The lowest BCUT2D eigenvalue weighted by Gasteiger charge is -2.24. The van der Waals surface area contributed by atoms with Gasteiger partial charge in [-0.2, -0.15) is 0 Å². The van der Waals surface area contributed by atoms with Crippen LogP contribution in [0.5, 0.6) is 0 Å². The highest BCUT2D eigenvalue weighted by Crippen LogP contribution is 2.31. The van der Waals surface area contributed by atoms with Crippen molar-refractivity contribution in [1.29, 1.82) is 0 Å². The Labute approximate surface area is 152 Å². The Bertz CT molecular complexity index is 767. The van der Waals surface area contributed by atoms with Crippen molar-refractivity contribution in [2.24, 2.45) is 5.92 Å². The molecule has 1 aromatic heterocycles. The van der Waals surface area contributed by atoms with Crippen LogP contribution in [0.3, 0.4) is 0 Å². The minimum Gasteiger partial charge on any atom is -0.441 e. The largest absolute Gasteiger partial charge is 0.441 e. The van der Waals surface area contributed by atoms with E-state index in [0.717, 1.165) is 50.2 Å². The second-order valence-electron chi connectivity index (χ2n) is 7.40. The second kappa shape index (κ2) is 7.45. The molecular weight excluding hydrogens is 338 g/mol. The molecule has 4 nitrogen and oxygen atoms in total. The number of aryl methyl sites for hydroxylation is 1. The van der Waals surface area contributed by atoms with Crippen molar-refractivity contribution in [3.8, 4) is 11.5 Å². The molecule has 0 amide bonds. The summed E-state index contributed by atoms with van der Waals surface area (Å²) in [6.07, 6.45) is 5.05. The average molecular weight is 362 g/mol. The molecule has 1 aliphatic carbocycles. The Morgan fingerprint density at radius 2 is 2.04 bits per heavy atom.